The Bertz CT molecular complexity index is 248. The molecule has 1 rings (SSSR count). The number of carboxylic acids is 1. The molecule has 0 radical (unpaired) electrons. The van der Waals surface area contributed by atoms with Gasteiger partial charge in [0.15, 0.2) is 0 Å². The molecule has 14 heavy (non-hydrogen) atoms. The Balaban J connectivity index is 2.45. The molecular formula is C7H10ClNO5. The van der Waals surface area contributed by atoms with Crippen LogP contribution in [-0.2, 0) is 9.63 Å². The Morgan fingerprint density at radius 1 is 1.57 bits per heavy atom. The zero-order chi connectivity index (χ0) is 10.8. The number of carbonyl (C=O) groups is 1. The first-order valence-electron chi connectivity index (χ1n) is 4.17. The summed E-state index contributed by atoms with van der Waals surface area (Å²) >= 11 is 5.79. The van der Waals surface area contributed by atoms with E-state index in [-0.39, 0.29) is 12.8 Å². The molecule has 0 saturated heterocycles. The normalized spacial score (nSPS) is 32.2. The molecule has 0 spiro atoms. The van der Waals surface area contributed by atoms with Gasteiger partial charge < -0.3 is 9.94 Å². The molecule has 80 valence electrons. The zero-order valence-corrected chi connectivity index (χ0v) is 8.07. The molecule has 0 amide bonds. The van der Waals surface area contributed by atoms with Crippen molar-refractivity contribution in [1.29, 1.82) is 0 Å². The first-order chi connectivity index (χ1) is 6.44. The van der Waals surface area contributed by atoms with E-state index < -0.39 is 22.0 Å². The highest BCUT2D eigenvalue weighted by Crippen LogP contribution is 2.35. The molecule has 0 aromatic rings. The smallest absolute Gasteiger partial charge is 0.324 e. The first-order valence-corrected chi connectivity index (χ1v) is 4.55. The van der Waals surface area contributed by atoms with Gasteiger partial charge in [-0.15, -0.1) is 21.7 Å². The lowest BCUT2D eigenvalue weighted by atomic mass is 9.87. The number of alkyl halides is 1. The molecule has 0 heterocycles. The van der Waals surface area contributed by atoms with Gasteiger partial charge in [-0.05, 0) is 25.7 Å². The van der Waals surface area contributed by atoms with Gasteiger partial charge in [0.2, 0.25) is 0 Å². The summed E-state index contributed by atoms with van der Waals surface area (Å²) in [7, 11) is 0. The molecule has 0 bridgehead atoms. The molecule has 1 aliphatic rings. The molecule has 1 aliphatic carbocycles. The van der Waals surface area contributed by atoms with Crippen LogP contribution in [0.25, 0.3) is 0 Å². The average Bonchev–Trinajstić information content (AvgIpc) is 2.08. The molecule has 0 atom stereocenters. The third-order valence-electron chi connectivity index (χ3n) is 2.34. The lowest BCUT2D eigenvalue weighted by Gasteiger charge is -2.30. The van der Waals surface area contributed by atoms with Gasteiger partial charge in [-0.3, -0.25) is 4.79 Å². The van der Waals surface area contributed by atoms with E-state index in [1.54, 1.807) is 0 Å². The summed E-state index contributed by atoms with van der Waals surface area (Å²) in [6, 6.07) is 0. The Morgan fingerprint density at radius 3 is 2.43 bits per heavy atom. The Morgan fingerprint density at radius 2 is 2.07 bits per heavy atom. The monoisotopic (exact) mass is 223 g/mol. The van der Waals surface area contributed by atoms with Crippen LogP contribution in [0.1, 0.15) is 25.7 Å². The summed E-state index contributed by atoms with van der Waals surface area (Å²) < 4.78 is 0. The van der Waals surface area contributed by atoms with Crippen molar-refractivity contribution in [3.8, 4) is 0 Å². The van der Waals surface area contributed by atoms with Gasteiger partial charge in [0.05, 0.1) is 0 Å². The maximum Gasteiger partial charge on any atom is 0.324 e. The standard InChI is InChI=1S/C7H10ClNO5/c8-7(6(10)11)3-1-5(2-4-7)14-9(12)13/h5H,1-4H2,(H,10,11). The number of hydrogen-bond acceptors (Lipinski definition) is 4. The van der Waals surface area contributed by atoms with E-state index >= 15 is 0 Å². The van der Waals surface area contributed by atoms with E-state index in [0.29, 0.717) is 12.8 Å². The van der Waals surface area contributed by atoms with Crippen molar-refractivity contribution in [2.75, 3.05) is 0 Å². The zero-order valence-electron chi connectivity index (χ0n) is 7.31. The van der Waals surface area contributed by atoms with Crippen LogP contribution in [0.3, 0.4) is 0 Å². The lowest BCUT2D eigenvalue weighted by Crippen LogP contribution is -2.39. The maximum atomic E-state index is 10.7. The second kappa shape index (κ2) is 4.00. The van der Waals surface area contributed by atoms with Gasteiger partial charge in [0.1, 0.15) is 11.0 Å². The Hall–Kier alpha value is -1.04. The fourth-order valence-electron chi connectivity index (χ4n) is 1.49. The van der Waals surface area contributed by atoms with E-state index in [2.05, 4.69) is 4.84 Å². The fourth-order valence-corrected chi connectivity index (χ4v) is 1.71. The Labute approximate surface area is 84.9 Å². The summed E-state index contributed by atoms with van der Waals surface area (Å²) in [5.74, 6) is -1.07. The van der Waals surface area contributed by atoms with E-state index in [9.17, 15) is 14.9 Å². The number of hydrogen-bond donors (Lipinski definition) is 1. The van der Waals surface area contributed by atoms with Crippen molar-refractivity contribution in [2.24, 2.45) is 0 Å². The molecule has 6 nitrogen and oxygen atoms in total. The summed E-state index contributed by atoms with van der Waals surface area (Å²) in [4.78, 5) is 23.8. The molecule has 0 unspecified atom stereocenters. The van der Waals surface area contributed by atoms with Crippen LogP contribution >= 0.6 is 11.6 Å². The molecule has 0 aromatic carbocycles. The number of carboxylic acid groups (broad SMARTS) is 1. The van der Waals surface area contributed by atoms with Crippen molar-refractivity contribution < 1.29 is 19.8 Å². The van der Waals surface area contributed by atoms with Crippen LogP contribution in [0.5, 0.6) is 0 Å². The predicted molar refractivity (Wildman–Crippen MR) is 46.6 cm³/mol. The van der Waals surface area contributed by atoms with Gasteiger partial charge in [0, 0.05) is 0 Å². The van der Waals surface area contributed by atoms with Gasteiger partial charge in [-0.1, -0.05) is 0 Å². The SMILES string of the molecule is O=C(O)C1(Cl)CCC(O[N+](=O)[O-])CC1. The predicted octanol–water partition coefficient (Wildman–Crippen LogP) is 1.20. The second-order valence-corrected chi connectivity index (χ2v) is 4.02. The highest BCUT2D eigenvalue weighted by atomic mass is 35.5. The lowest BCUT2D eigenvalue weighted by molar-refractivity contribution is -0.769. The minimum absolute atomic E-state index is 0.197. The van der Waals surface area contributed by atoms with Crippen LogP contribution in [0, 0.1) is 10.1 Å². The van der Waals surface area contributed by atoms with Crippen molar-refractivity contribution >= 4 is 17.6 Å². The van der Waals surface area contributed by atoms with E-state index in [4.69, 9.17) is 16.7 Å². The number of aliphatic carboxylic acids is 1. The number of rotatable bonds is 3. The van der Waals surface area contributed by atoms with E-state index in [0.717, 1.165) is 0 Å². The van der Waals surface area contributed by atoms with E-state index in [1.807, 2.05) is 0 Å². The first kappa shape index (κ1) is 11.0. The quantitative estimate of drug-likeness (QED) is 0.441. The summed E-state index contributed by atoms with van der Waals surface area (Å²) in [5, 5.41) is 17.9. The van der Waals surface area contributed by atoms with Crippen molar-refractivity contribution in [2.45, 2.75) is 36.7 Å². The summed E-state index contributed by atoms with van der Waals surface area (Å²) in [5.41, 5.74) is 0. The second-order valence-electron chi connectivity index (χ2n) is 3.30. The van der Waals surface area contributed by atoms with Gasteiger partial charge in [-0.25, -0.2) is 0 Å². The summed E-state index contributed by atoms with van der Waals surface area (Å²) in [6.07, 6.45) is 0.481. The van der Waals surface area contributed by atoms with Crippen LogP contribution in [-0.4, -0.2) is 27.1 Å². The van der Waals surface area contributed by atoms with Gasteiger partial charge >= 0.3 is 5.97 Å². The maximum absolute atomic E-state index is 10.7. The third kappa shape index (κ3) is 2.47. The van der Waals surface area contributed by atoms with Gasteiger partial charge in [0.25, 0.3) is 5.09 Å². The number of halogens is 1. The molecule has 7 heteroatoms. The fraction of sp³-hybridized carbons (Fsp3) is 0.857. The third-order valence-corrected chi connectivity index (χ3v) is 2.88. The van der Waals surface area contributed by atoms with Crippen molar-refractivity contribution in [3.63, 3.8) is 0 Å². The topological polar surface area (TPSA) is 89.7 Å². The molecule has 1 fully saturated rings. The van der Waals surface area contributed by atoms with Gasteiger partial charge in [-0.2, -0.15) is 0 Å². The van der Waals surface area contributed by atoms with Crippen LogP contribution in [0.4, 0.5) is 0 Å². The van der Waals surface area contributed by atoms with Crippen molar-refractivity contribution in [3.05, 3.63) is 10.1 Å². The average molecular weight is 224 g/mol. The van der Waals surface area contributed by atoms with Crippen LogP contribution in [0.15, 0.2) is 0 Å². The van der Waals surface area contributed by atoms with E-state index in [1.165, 1.54) is 0 Å². The number of nitrogens with zero attached hydrogens (tertiary/aromatic N) is 1. The molecule has 1 N–H and O–H groups in total. The van der Waals surface area contributed by atoms with Crippen LogP contribution < -0.4 is 0 Å². The molecule has 0 aliphatic heterocycles. The summed E-state index contributed by atoms with van der Waals surface area (Å²) in [6.45, 7) is 0. The molecule has 1 saturated carbocycles. The largest absolute Gasteiger partial charge is 0.480 e. The highest BCUT2D eigenvalue weighted by molar-refractivity contribution is 6.33. The molecule has 0 aromatic heterocycles. The molecular weight excluding hydrogens is 214 g/mol. The highest BCUT2D eigenvalue weighted by Gasteiger charge is 2.40. The minimum atomic E-state index is -1.27. The Kier molecular flexibility index (Phi) is 3.15. The van der Waals surface area contributed by atoms with Crippen molar-refractivity contribution in [1.82, 2.24) is 0 Å². The van der Waals surface area contributed by atoms with Crippen LogP contribution in [0.2, 0.25) is 0 Å². The minimum Gasteiger partial charge on any atom is -0.480 e.